The molecule has 0 aliphatic carbocycles. The van der Waals surface area contributed by atoms with Gasteiger partial charge in [-0.05, 0) is 37.2 Å². The molecule has 0 aromatic heterocycles. The van der Waals surface area contributed by atoms with E-state index in [1.54, 1.807) is 18.2 Å². The standard InChI is InChI=1S/C18H21Cl2NO2.ClH/c19-15-7-8-16(20)18(13-15)23-17(9-11-21-10-4-12-22)14-5-2-1-3-6-14;/h1-3,5-8,13,17,21-22H,4,9-12H2;1H/t17-;/m1./s1. The highest BCUT2D eigenvalue weighted by atomic mass is 35.5. The molecule has 0 saturated carbocycles. The molecule has 3 nitrogen and oxygen atoms in total. The summed E-state index contributed by atoms with van der Waals surface area (Å²) in [6, 6.07) is 15.2. The second-order valence-electron chi connectivity index (χ2n) is 5.21. The van der Waals surface area contributed by atoms with Crippen molar-refractivity contribution in [1.82, 2.24) is 5.32 Å². The Hall–Kier alpha value is -0.970. The lowest BCUT2D eigenvalue weighted by Gasteiger charge is -2.21. The second kappa shape index (κ2) is 11.6. The molecule has 6 heteroatoms. The molecule has 2 aromatic rings. The fourth-order valence-corrected chi connectivity index (χ4v) is 2.57. The molecule has 2 aromatic carbocycles. The summed E-state index contributed by atoms with van der Waals surface area (Å²) < 4.78 is 6.11. The second-order valence-corrected chi connectivity index (χ2v) is 6.05. The molecular weight excluding hydrogens is 369 g/mol. The zero-order chi connectivity index (χ0) is 16.5. The summed E-state index contributed by atoms with van der Waals surface area (Å²) in [7, 11) is 0. The number of rotatable bonds is 9. The normalized spacial score (nSPS) is 11.6. The first-order valence-electron chi connectivity index (χ1n) is 7.69. The molecule has 0 heterocycles. The van der Waals surface area contributed by atoms with Gasteiger partial charge in [0.25, 0.3) is 0 Å². The van der Waals surface area contributed by atoms with E-state index in [-0.39, 0.29) is 25.1 Å². The zero-order valence-corrected chi connectivity index (χ0v) is 15.6. The van der Waals surface area contributed by atoms with Crippen LogP contribution in [0.5, 0.6) is 5.75 Å². The van der Waals surface area contributed by atoms with Crippen molar-refractivity contribution in [2.45, 2.75) is 18.9 Å². The molecule has 0 aliphatic heterocycles. The highest BCUT2D eigenvalue weighted by molar-refractivity contribution is 6.34. The van der Waals surface area contributed by atoms with E-state index in [1.165, 1.54) is 0 Å². The molecule has 0 amide bonds. The van der Waals surface area contributed by atoms with E-state index in [9.17, 15) is 0 Å². The van der Waals surface area contributed by atoms with Crippen molar-refractivity contribution in [3.8, 4) is 5.75 Å². The summed E-state index contributed by atoms with van der Waals surface area (Å²) >= 11 is 12.2. The smallest absolute Gasteiger partial charge is 0.140 e. The quantitative estimate of drug-likeness (QED) is 0.599. The predicted octanol–water partition coefficient (Wildman–Crippen LogP) is 4.90. The highest BCUT2D eigenvalue weighted by Gasteiger charge is 2.15. The molecule has 0 unspecified atom stereocenters. The van der Waals surface area contributed by atoms with Crippen molar-refractivity contribution in [2.24, 2.45) is 0 Å². The van der Waals surface area contributed by atoms with Gasteiger partial charge in [0.2, 0.25) is 0 Å². The number of nitrogens with one attached hydrogen (secondary N) is 1. The molecule has 0 bridgehead atoms. The van der Waals surface area contributed by atoms with Gasteiger partial charge in [-0.1, -0.05) is 53.5 Å². The molecule has 0 saturated heterocycles. The van der Waals surface area contributed by atoms with Crippen LogP contribution in [0.4, 0.5) is 0 Å². The lowest BCUT2D eigenvalue weighted by molar-refractivity contribution is 0.193. The number of halogens is 3. The van der Waals surface area contributed by atoms with Gasteiger partial charge in [0, 0.05) is 24.1 Å². The highest BCUT2D eigenvalue weighted by Crippen LogP contribution is 2.32. The Morgan fingerprint density at radius 2 is 1.79 bits per heavy atom. The first-order chi connectivity index (χ1) is 11.2. The van der Waals surface area contributed by atoms with Crippen molar-refractivity contribution in [2.75, 3.05) is 19.7 Å². The van der Waals surface area contributed by atoms with Crippen molar-refractivity contribution >= 4 is 35.6 Å². The Morgan fingerprint density at radius 3 is 2.50 bits per heavy atom. The molecule has 0 fully saturated rings. The van der Waals surface area contributed by atoms with E-state index in [1.807, 2.05) is 30.3 Å². The van der Waals surface area contributed by atoms with Crippen LogP contribution in [-0.2, 0) is 0 Å². The van der Waals surface area contributed by atoms with Crippen LogP contribution >= 0.6 is 35.6 Å². The summed E-state index contributed by atoms with van der Waals surface area (Å²) in [6.45, 7) is 1.78. The van der Waals surface area contributed by atoms with E-state index in [2.05, 4.69) is 5.32 Å². The first-order valence-corrected chi connectivity index (χ1v) is 8.44. The number of ether oxygens (including phenoxy) is 1. The molecule has 2 rings (SSSR count). The summed E-state index contributed by atoms with van der Waals surface area (Å²) in [4.78, 5) is 0. The van der Waals surface area contributed by atoms with E-state index < -0.39 is 0 Å². The summed E-state index contributed by atoms with van der Waals surface area (Å²) in [5.74, 6) is 0.586. The zero-order valence-electron chi connectivity index (χ0n) is 13.3. The minimum Gasteiger partial charge on any atom is -0.484 e. The predicted molar refractivity (Wildman–Crippen MR) is 103 cm³/mol. The van der Waals surface area contributed by atoms with Crippen LogP contribution in [-0.4, -0.2) is 24.8 Å². The van der Waals surface area contributed by atoms with E-state index in [0.717, 1.165) is 31.5 Å². The third-order valence-electron chi connectivity index (χ3n) is 3.43. The average molecular weight is 391 g/mol. The first kappa shape index (κ1) is 21.1. The third kappa shape index (κ3) is 6.88. The van der Waals surface area contributed by atoms with Crippen LogP contribution in [0.25, 0.3) is 0 Å². The molecule has 132 valence electrons. The number of aliphatic hydroxyl groups excluding tert-OH is 1. The Kier molecular flexibility index (Phi) is 10.2. The van der Waals surface area contributed by atoms with E-state index in [0.29, 0.717) is 15.8 Å². The average Bonchev–Trinajstić information content (AvgIpc) is 2.57. The maximum atomic E-state index is 8.81. The van der Waals surface area contributed by atoms with E-state index >= 15 is 0 Å². The fourth-order valence-electron chi connectivity index (χ4n) is 2.24. The van der Waals surface area contributed by atoms with Crippen LogP contribution in [0, 0.1) is 0 Å². The van der Waals surface area contributed by atoms with Gasteiger partial charge in [-0.3, -0.25) is 0 Å². The maximum absolute atomic E-state index is 8.81. The van der Waals surface area contributed by atoms with Crippen molar-refractivity contribution in [3.05, 3.63) is 64.1 Å². The van der Waals surface area contributed by atoms with Gasteiger partial charge in [0.15, 0.2) is 0 Å². The molecule has 0 radical (unpaired) electrons. The molecule has 0 spiro atoms. The number of hydrogen-bond acceptors (Lipinski definition) is 3. The fraction of sp³-hybridized carbons (Fsp3) is 0.333. The molecular formula is C18H22Cl3NO2. The van der Waals surface area contributed by atoms with Gasteiger partial charge in [-0.2, -0.15) is 0 Å². The number of benzene rings is 2. The summed E-state index contributed by atoms with van der Waals surface area (Å²) in [6.07, 6.45) is 1.42. The van der Waals surface area contributed by atoms with Crippen molar-refractivity contribution < 1.29 is 9.84 Å². The lowest BCUT2D eigenvalue weighted by atomic mass is 10.1. The van der Waals surface area contributed by atoms with Gasteiger partial charge in [0.1, 0.15) is 11.9 Å². The Morgan fingerprint density at radius 1 is 1.04 bits per heavy atom. The number of hydrogen-bond donors (Lipinski definition) is 2. The minimum absolute atomic E-state index is 0. The summed E-state index contributed by atoms with van der Waals surface area (Å²) in [5.41, 5.74) is 1.09. The Balaban J connectivity index is 0.00000288. The van der Waals surface area contributed by atoms with Crippen LogP contribution < -0.4 is 10.1 Å². The van der Waals surface area contributed by atoms with Gasteiger partial charge in [0.05, 0.1) is 5.02 Å². The molecule has 1 atom stereocenters. The lowest BCUT2D eigenvalue weighted by Crippen LogP contribution is -2.21. The van der Waals surface area contributed by atoms with Crippen molar-refractivity contribution in [1.29, 1.82) is 0 Å². The van der Waals surface area contributed by atoms with Crippen LogP contribution in [0.3, 0.4) is 0 Å². The Bertz CT molecular complexity index is 596. The molecule has 0 aliphatic rings. The largest absolute Gasteiger partial charge is 0.484 e. The van der Waals surface area contributed by atoms with Gasteiger partial charge >= 0.3 is 0 Å². The minimum atomic E-state index is -0.117. The SMILES string of the molecule is Cl.OCCCNCC[C@@H](Oc1cc(Cl)ccc1Cl)c1ccccc1. The third-order valence-corrected chi connectivity index (χ3v) is 3.98. The van der Waals surface area contributed by atoms with Gasteiger partial charge in [-0.25, -0.2) is 0 Å². The monoisotopic (exact) mass is 389 g/mol. The van der Waals surface area contributed by atoms with Crippen LogP contribution in [0.15, 0.2) is 48.5 Å². The van der Waals surface area contributed by atoms with Gasteiger partial charge in [-0.15, -0.1) is 12.4 Å². The van der Waals surface area contributed by atoms with E-state index in [4.69, 9.17) is 33.0 Å². The molecule has 24 heavy (non-hydrogen) atoms. The van der Waals surface area contributed by atoms with Crippen molar-refractivity contribution in [3.63, 3.8) is 0 Å². The van der Waals surface area contributed by atoms with Crippen LogP contribution in [0.2, 0.25) is 10.0 Å². The van der Waals surface area contributed by atoms with Crippen LogP contribution in [0.1, 0.15) is 24.5 Å². The summed E-state index contributed by atoms with van der Waals surface area (Å²) in [5, 5.41) is 13.3. The molecule has 2 N–H and O–H groups in total. The maximum Gasteiger partial charge on any atom is 0.140 e. The van der Waals surface area contributed by atoms with Gasteiger partial charge < -0.3 is 15.2 Å². The topological polar surface area (TPSA) is 41.5 Å². The Labute approximate surface area is 159 Å². The number of aliphatic hydroxyl groups is 1.